The molecule has 1 amide bonds. The van der Waals surface area contributed by atoms with E-state index in [1.165, 1.54) is 11.1 Å². The van der Waals surface area contributed by atoms with Crippen LogP contribution >= 0.6 is 0 Å². The number of nitrogens with one attached hydrogen (secondary N) is 1. The van der Waals surface area contributed by atoms with E-state index in [4.69, 9.17) is 0 Å². The van der Waals surface area contributed by atoms with Crippen LogP contribution in [0.5, 0.6) is 0 Å². The van der Waals surface area contributed by atoms with Gasteiger partial charge in [0.1, 0.15) is 0 Å². The lowest BCUT2D eigenvalue weighted by Gasteiger charge is -2.36. The molecule has 0 aliphatic heterocycles. The van der Waals surface area contributed by atoms with Crippen molar-refractivity contribution in [2.75, 3.05) is 6.54 Å². The highest BCUT2D eigenvalue weighted by Crippen LogP contribution is 2.40. The predicted molar refractivity (Wildman–Crippen MR) is 88.3 cm³/mol. The smallest absolute Gasteiger partial charge is 0.225 e. The van der Waals surface area contributed by atoms with Gasteiger partial charge in [-0.15, -0.1) is 0 Å². The Morgan fingerprint density at radius 2 is 1.86 bits per heavy atom. The molecule has 1 atom stereocenters. The minimum atomic E-state index is -0.337. The second kappa shape index (κ2) is 5.67. The average molecular weight is 285 g/mol. The molecular weight excluding hydrogens is 258 g/mol. The zero-order chi connectivity index (χ0) is 15.7. The molecule has 0 aromatic heterocycles. The van der Waals surface area contributed by atoms with Gasteiger partial charge in [-0.25, -0.2) is 0 Å². The molecule has 0 radical (unpaired) electrons. The number of amides is 1. The first kappa shape index (κ1) is 15.8. The van der Waals surface area contributed by atoms with Gasteiger partial charge in [0.2, 0.25) is 5.91 Å². The van der Waals surface area contributed by atoms with Gasteiger partial charge in [-0.2, -0.15) is 0 Å². The summed E-state index contributed by atoms with van der Waals surface area (Å²) in [6, 6.07) is 8.63. The molecule has 114 valence electrons. The lowest BCUT2D eigenvalue weighted by atomic mass is 9.71. The van der Waals surface area contributed by atoms with Gasteiger partial charge in [0, 0.05) is 17.9 Å². The van der Waals surface area contributed by atoms with Crippen molar-refractivity contribution in [2.24, 2.45) is 10.8 Å². The Balaban J connectivity index is 2.14. The van der Waals surface area contributed by atoms with Crippen LogP contribution in [-0.4, -0.2) is 12.5 Å². The first-order valence-electron chi connectivity index (χ1n) is 7.74. The van der Waals surface area contributed by atoms with Crippen LogP contribution in [-0.2, 0) is 11.2 Å². The third kappa shape index (κ3) is 3.55. The Morgan fingerprint density at radius 1 is 1.19 bits per heavy atom. The SMILES string of the molecule is CC(C)(C)C(=O)NCC(C)(C)C1C=CCc2ccccc21. The summed E-state index contributed by atoms with van der Waals surface area (Å²) in [7, 11) is 0. The van der Waals surface area contributed by atoms with Gasteiger partial charge >= 0.3 is 0 Å². The van der Waals surface area contributed by atoms with E-state index in [1.54, 1.807) is 0 Å². The summed E-state index contributed by atoms with van der Waals surface area (Å²) in [4.78, 5) is 12.1. The molecule has 1 N–H and O–H groups in total. The van der Waals surface area contributed by atoms with Gasteiger partial charge in [0.25, 0.3) is 0 Å². The molecule has 0 saturated carbocycles. The molecule has 2 nitrogen and oxygen atoms in total. The van der Waals surface area contributed by atoms with Crippen LogP contribution in [0.25, 0.3) is 0 Å². The standard InChI is InChI=1S/C19H27NO/c1-18(2,3)17(21)20-13-19(4,5)16-12-8-10-14-9-6-7-11-15(14)16/h6-9,11-12,16H,10,13H2,1-5H3,(H,20,21). The molecule has 1 aliphatic carbocycles. The van der Waals surface area contributed by atoms with E-state index in [9.17, 15) is 4.79 Å². The highest BCUT2D eigenvalue weighted by atomic mass is 16.2. The molecule has 1 aromatic rings. The Labute approximate surface area is 128 Å². The Hall–Kier alpha value is -1.57. The first-order chi connectivity index (χ1) is 9.72. The Morgan fingerprint density at radius 3 is 2.52 bits per heavy atom. The number of carbonyl (C=O) groups is 1. The summed E-state index contributed by atoms with van der Waals surface area (Å²) < 4.78 is 0. The van der Waals surface area contributed by atoms with Crippen molar-refractivity contribution in [3.05, 3.63) is 47.5 Å². The molecule has 1 aliphatic rings. The van der Waals surface area contributed by atoms with E-state index in [-0.39, 0.29) is 16.7 Å². The number of rotatable bonds is 3. The lowest BCUT2D eigenvalue weighted by molar-refractivity contribution is -0.129. The molecule has 0 heterocycles. The van der Waals surface area contributed by atoms with Gasteiger partial charge in [-0.3, -0.25) is 4.79 Å². The quantitative estimate of drug-likeness (QED) is 0.833. The number of carbonyl (C=O) groups excluding carboxylic acids is 1. The summed E-state index contributed by atoms with van der Waals surface area (Å²) in [6.07, 6.45) is 5.56. The normalized spacial score (nSPS) is 18.2. The fourth-order valence-corrected chi connectivity index (χ4v) is 2.82. The molecule has 0 bridgehead atoms. The van der Waals surface area contributed by atoms with Crippen molar-refractivity contribution in [3.63, 3.8) is 0 Å². The fourth-order valence-electron chi connectivity index (χ4n) is 2.82. The number of hydrogen-bond acceptors (Lipinski definition) is 1. The summed E-state index contributed by atoms with van der Waals surface area (Å²) in [5.74, 6) is 0.464. The van der Waals surface area contributed by atoms with E-state index in [1.807, 2.05) is 20.8 Å². The van der Waals surface area contributed by atoms with E-state index in [2.05, 4.69) is 55.6 Å². The van der Waals surface area contributed by atoms with Gasteiger partial charge in [0.15, 0.2) is 0 Å². The second-order valence-electron chi connectivity index (χ2n) is 7.73. The number of allylic oxidation sites excluding steroid dienone is 2. The molecule has 0 fully saturated rings. The first-order valence-corrected chi connectivity index (χ1v) is 7.74. The lowest BCUT2D eigenvalue weighted by Crippen LogP contribution is -2.42. The number of hydrogen-bond donors (Lipinski definition) is 1. The highest BCUT2D eigenvalue weighted by Gasteiger charge is 2.33. The molecule has 21 heavy (non-hydrogen) atoms. The van der Waals surface area contributed by atoms with Crippen molar-refractivity contribution in [3.8, 4) is 0 Å². The van der Waals surface area contributed by atoms with E-state index in [0.717, 1.165) is 6.42 Å². The largest absolute Gasteiger partial charge is 0.355 e. The van der Waals surface area contributed by atoms with Crippen molar-refractivity contribution in [1.82, 2.24) is 5.32 Å². The molecule has 1 aromatic carbocycles. The third-order valence-electron chi connectivity index (χ3n) is 4.28. The molecule has 2 rings (SSSR count). The van der Waals surface area contributed by atoms with Crippen LogP contribution in [0.1, 0.15) is 51.7 Å². The predicted octanol–water partition coefficient (Wildman–Crippen LogP) is 4.07. The molecule has 1 unspecified atom stereocenters. The van der Waals surface area contributed by atoms with Crippen LogP contribution in [0.2, 0.25) is 0 Å². The van der Waals surface area contributed by atoms with Crippen molar-refractivity contribution in [2.45, 2.75) is 47.0 Å². The summed E-state index contributed by atoms with van der Waals surface area (Å²) in [6.45, 7) is 11.0. The van der Waals surface area contributed by atoms with Crippen LogP contribution in [0.4, 0.5) is 0 Å². The van der Waals surface area contributed by atoms with Gasteiger partial charge < -0.3 is 5.32 Å². The van der Waals surface area contributed by atoms with Gasteiger partial charge in [0.05, 0.1) is 0 Å². The minimum Gasteiger partial charge on any atom is -0.355 e. The Bertz CT molecular complexity index is 549. The monoisotopic (exact) mass is 285 g/mol. The minimum absolute atomic E-state index is 0.00602. The second-order valence-corrected chi connectivity index (χ2v) is 7.73. The summed E-state index contributed by atoms with van der Waals surface area (Å²) in [5, 5.41) is 3.12. The average Bonchev–Trinajstić information content (AvgIpc) is 2.43. The Kier molecular flexibility index (Phi) is 4.27. The third-order valence-corrected chi connectivity index (χ3v) is 4.28. The number of fused-ring (bicyclic) bond motifs is 1. The maximum Gasteiger partial charge on any atom is 0.225 e. The molecule has 2 heteroatoms. The number of benzene rings is 1. The van der Waals surface area contributed by atoms with Crippen LogP contribution < -0.4 is 5.32 Å². The van der Waals surface area contributed by atoms with Crippen LogP contribution in [0.3, 0.4) is 0 Å². The zero-order valence-corrected chi connectivity index (χ0v) is 13.9. The van der Waals surface area contributed by atoms with Crippen LogP contribution in [0, 0.1) is 10.8 Å². The fraction of sp³-hybridized carbons (Fsp3) is 0.526. The maximum atomic E-state index is 12.1. The highest BCUT2D eigenvalue weighted by molar-refractivity contribution is 5.81. The molecular formula is C19H27NO. The maximum absolute atomic E-state index is 12.1. The molecule has 0 saturated heterocycles. The van der Waals surface area contributed by atoms with Crippen LogP contribution in [0.15, 0.2) is 36.4 Å². The van der Waals surface area contributed by atoms with Crippen molar-refractivity contribution < 1.29 is 4.79 Å². The van der Waals surface area contributed by atoms with E-state index in [0.29, 0.717) is 12.5 Å². The van der Waals surface area contributed by atoms with E-state index < -0.39 is 0 Å². The van der Waals surface area contributed by atoms with E-state index >= 15 is 0 Å². The summed E-state index contributed by atoms with van der Waals surface area (Å²) >= 11 is 0. The summed E-state index contributed by atoms with van der Waals surface area (Å²) in [5.41, 5.74) is 2.46. The zero-order valence-electron chi connectivity index (χ0n) is 13.9. The van der Waals surface area contributed by atoms with Gasteiger partial charge in [-0.1, -0.05) is 71.0 Å². The van der Waals surface area contributed by atoms with Gasteiger partial charge in [-0.05, 0) is 23.0 Å². The van der Waals surface area contributed by atoms with Crippen molar-refractivity contribution in [1.29, 1.82) is 0 Å². The topological polar surface area (TPSA) is 29.1 Å². The van der Waals surface area contributed by atoms with Crippen molar-refractivity contribution >= 4 is 5.91 Å². The molecule has 0 spiro atoms.